The first-order chi connectivity index (χ1) is 14.3. The molecule has 0 fully saturated rings. The highest BCUT2D eigenvalue weighted by atomic mass is 35.5. The van der Waals surface area contributed by atoms with Gasteiger partial charge in [0.25, 0.3) is 10.0 Å². The molecule has 152 valence electrons. The van der Waals surface area contributed by atoms with Crippen LogP contribution in [-0.4, -0.2) is 29.2 Å². The van der Waals surface area contributed by atoms with Gasteiger partial charge < -0.3 is 4.98 Å². The lowest BCUT2D eigenvalue weighted by Crippen LogP contribution is -2.17. The standard InChI is InChI=1S/C20H14Cl2N4O3S/c1-11-6-17(26-30(28,29)12-2-3-15(21)16(22)7-12)19(25-8-11)20(27)14-9-23-10-18-13(14)4-5-24-18/h2-10,24,26H,1H3. The van der Waals surface area contributed by atoms with Crippen molar-refractivity contribution in [3.05, 3.63) is 82.0 Å². The summed E-state index contributed by atoms with van der Waals surface area (Å²) in [5.41, 5.74) is 1.68. The molecule has 1 aromatic carbocycles. The number of halogens is 2. The highest BCUT2D eigenvalue weighted by Gasteiger charge is 2.23. The Morgan fingerprint density at radius 1 is 1.07 bits per heavy atom. The van der Waals surface area contributed by atoms with E-state index in [4.69, 9.17) is 23.2 Å². The number of H-pyrrole nitrogens is 1. The molecule has 0 bridgehead atoms. The van der Waals surface area contributed by atoms with Crippen molar-refractivity contribution in [2.75, 3.05) is 4.72 Å². The Hall–Kier alpha value is -2.94. The van der Waals surface area contributed by atoms with E-state index in [9.17, 15) is 13.2 Å². The number of fused-ring (bicyclic) bond motifs is 1. The van der Waals surface area contributed by atoms with Gasteiger partial charge in [-0.3, -0.25) is 19.5 Å². The van der Waals surface area contributed by atoms with Crippen LogP contribution in [0.3, 0.4) is 0 Å². The lowest BCUT2D eigenvalue weighted by atomic mass is 10.0. The average Bonchev–Trinajstić information content (AvgIpc) is 3.18. The van der Waals surface area contributed by atoms with Gasteiger partial charge in [-0.25, -0.2) is 8.42 Å². The highest BCUT2D eigenvalue weighted by Crippen LogP contribution is 2.28. The summed E-state index contributed by atoms with van der Waals surface area (Å²) in [6.45, 7) is 1.74. The fourth-order valence-corrected chi connectivity index (χ4v) is 4.41. The van der Waals surface area contributed by atoms with Crippen molar-refractivity contribution in [3.63, 3.8) is 0 Å². The molecule has 3 aromatic heterocycles. The van der Waals surface area contributed by atoms with Crippen LogP contribution in [0.25, 0.3) is 10.9 Å². The summed E-state index contributed by atoms with van der Waals surface area (Å²) in [5, 5.41) is 0.995. The molecule has 7 nitrogen and oxygen atoms in total. The van der Waals surface area contributed by atoms with Crippen molar-refractivity contribution in [1.82, 2.24) is 15.0 Å². The van der Waals surface area contributed by atoms with Crippen LogP contribution in [0, 0.1) is 6.92 Å². The normalized spacial score (nSPS) is 11.6. The van der Waals surface area contributed by atoms with E-state index in [0.29, 0.717) is 22.0 Å². The number of hydrogen-bond donors (Lipinski definition) is 2. The zero-order valence-corrected chi connectivity index (χ0v) is 17.8. The monoisotopic (exact) mass is 460 g/mol. The predicted octanol–water partition coefficient (Wildman–Crippen LogP) is 4.60. The molecule has 30 heavy (non-hydrogen) atoms. The number of aromatic nitrogens is 3. The molecule has 0 aliphatic rings. The zero-order valence-electron chi connectivity index (χ0n) is 15.5. The molecule has 0 saturated heterocycles. The van der Waals surface area contributed by atoms with Gasteiger partial charge in [0.05, 0.1) is 37.9 Å². The molecule has 0 spiro atoms. The molecule has 2 N–H and O–H groups in total. The summed E-state index contributed by atoms with van der Waals surface area (Å²) < 4.78 is 28.2. The van der Waals surface area contributed by atoms with E-state index in [-0.39, 0.29) is 26.3 Å². The Bertz CT molecular complexity index is 1400. The maximum Gasteiger partial charge on any atom is 0.262 e. The quantitative estimate of drug-likeness (QED) is 0.423. The van der Waals surface area contributed by atoms with Crippen LogP contribution in [0.4, 0.5) is 5.69 Å². The average molecular weight is 461 g/mol. The van der Waals surface area contributed by atoms with Crippen LogP contribution in [0.2, 0.25) is 10.0 Å². The molecule has 10 heteroatoms. The Morgan fingerprint density at radius 2 is 1.87 bits per heavy atom. The first kappa shape index (κ1) is 20.3. The number of aryl methyl sites for hydroxylation is 1. The Balaban J connectivity index is 1.78. The van der Waals surface area contributed by atoms with E-state index >= 15 is 0 Å². The van der Waals surface area contributed by atoms with Gasteiger partial charge in [0.15, 0.2) is 0 Å². The summed E-state index contributed by atoms with van der Waals surface area (Å²) in [5.74, 6) is -0.459. The Morgan fingerprint density at radius 3 is 2.63 bits per heavy atom. The van der Waals surface area contributed by atoms with Gasteiger partial charge in [0, 0.05) is 24.0 Å². The van der Waals surface area contributed by atoms with Crippen LogP contribution in [0.5, 0.6) is 0 Å². The SMILES string of the molecule is Cc1cnc(C(=O)c2cncc3[nH]ccc23)c(NS(=O)(=O)c2ccc(Cl)c(Cl)c2)c1. The summed E-state index contributed by atoms with van der Waals surface area (Å²) in [4.78, 5) is 24.4. The first-order valence-electron chi connectivity index (χ1n) is 8.66. The van der Waals surface area contributed by atoms with Crippen LogP contribution in [-0.2, 0) is 10.0 Å². The molecule has 0 amide bonds. The third kappa shape index (κ3) is 3.77. The number of sulfonamides is 1. The molecule has 0 atom stereocenters. The summed E-state index contributed by atoms with van der Waals surface area (Å²) in [7, 11) is -4.05. The second kappa shape index (κ2) is 7.71. The Kier molecular flexibility index (Phi) is 5.23. The molecule has 0 radical (unpaired) electrons. The van der Waals surface area contributed by atoms with E-state index in [1.165, 1.54) is 30.6 Å². The van der Waals surface area contributed by atoms with Crippen molar-refractivity contribution < 1.29 is 13.2 Å². The van der Waals surface area contributed by atoms with Gasteiger partial charge in [-0.15, -0.1) is 0 Å². The van der Waals surface area contributed by atoms with E-state index in [0.717, 1.165) is 0 Å². The number of rotatable bonds is 5. The van der Waals surface area contributed by atoms with E-state index < -0.39 is 15.8 Å². The van der Waals surface area contributed by atoms with Crippen LogP contribution >= 0.6 is 23.2 Å². The highest BCUT2D eigenvalue weighted by molar-refractivity contribution is 7.92. The van der Waals surface area contributed by atoms with Crippen LogP contribution in [0.15, 0.2) is 60.0 Å². The maximum absolute atomic E-state index is 13.2. The third-order valence-corrected chi connectivity index (χ3v) is 6.51. The molecular weight excluding hydrogens is 447 g/mol. The number of carbonyl (C=O) groups is 1. The molecule has 0 saturated carbocycles. The fraction of sp³-hybridized carbons (Fsp3) is 0.0500. The minimum atomic E-state index is -4.05. The van der Waals surface area contributed by atoms with Gasteiger partial charge in [-0.2, -0.15) is 0 Å². The number of aromatic amines is 1. The second-order valence-electron chi connectivity index (χ2n) is 6.55. The van der Waals surface area contributed by atoms with Crippen molar-refractivity contribution in [2.45, 2.75) is 11.8 Å². The summed E-state index contributed by atoms with van der Waals surface area (Å²) >= 11 is 11.8. The molecule has 0 unspecified atom stereocenters. The summed E-state index contributed by atoms with van der Waals surface area (Å²) in [6.07, 6.45) is 6.22. The second-order valence-corrected chi connectivity index (χ2v) is 9.04. The van der Waals surface area contributed by atoms with E-state index in [1.807, 2.05) is 0 Å². The van der Waals surface area contributed by atoms with Crippen molar-refractivity contribution in [3.8, 4) is 0 Å². The van der Waals surface area contributed by atoms with Gasteiger partial charge in [0.2, 0.25) is 5.78 Å². The number of nitrogens with zero attached hydrogens (tertiary/aromatic N) is 2. The Labute approximate surface area is 182 Å². The van der Waals surface area contributed by atoms with Crippen molar-refractivity contribution in [2.24, 2.45) is 0 Å². The predicted molar refractivity (Wildman–Crippen MR) is 116 cm³/mol. The molecule has 0 aliphatic carbocycles. The number of benzene rings is 1. The van der Waals surface area contributed by atoms with Crippen molar-refractivity contribution in [1.29, 1.82) is 0 Å². The first-order valence-corrected chi connectivity index (χ1v) is 10.9. The van der Waals surface area contributed by atoms with Crippen LogP contribution < -0.4 is 4.72 Å². The topological polar surface area (TPSA) is 105 Å². The number of anilines is 1. The summed E-state index contributed by atoms with van der Waals surface area (Å²) in [6, 6.07) is 7.24. The number of nitrogens with one attached hydrogen (secondary N) is 2. The lowest BCUT2D eigenvalue weighted by molar-refractivity contribution is 0.103. The minimum absolute atomic E-state index is 0.0419. The van der Waals surface area contributed by atoms with E-state index in [1.54, 1.807) is 31.5 Å². The molecule has 4 rings (SSSR count). The lowest BCUT2D eigenvalue weighted by Gasteiger charge is -2.13. The third-order valence-electron chi connectivity index (χ3n) is 4.41. The number of hydrogen-bond acceptors (Lipinski definition) is 5. The van der Waals surface area contributed by atoms with Crippen molar-refractivity contribution >= 4 is 55.6 Å². The fourth-order valence-electron chi connectivity index (χ4n) is 2.96. The molecule has 4 aromatic rings. The van der Waals surface area contributed by atoms with E-state index in [2.05, 4.69) is 19.7 Å². The van der Waals surface area contributed by atoms with Gasteiger partial charge >= 0.3 is 0 Å². The van der Waals surface area contributed by atoms with Crippen LogP contribution in [0.1, 0.15) is 21.6 Å². The van der Waals surface area contributed by atoms with Gasteiger partial charge in [0.1, 0.15) is 5.69 Å². The molecule has 3 heterocycles. The minimum Gasteiger partial charge on any atom is -0.360 e. The molecular formula is C20H14Cl2N4O3S. The van der Waals surface area contributed by atoms with Gasteiger partial charge in [-0.05, 0) is 42.8 Å². The largest absolute Gasteiger partial charge is 0.360 e. The number of pyridine rings is 2. The number of ketones is 1. The number of carbonyl (C=O) groups excluding carboxylic acids is 1. The van der Waals surface area contributed by atoms with Gasteiger partial charge in [-0.1, -0.05) is 23.2 Å². The maximum atomic E-state index is 13.2. The smallest absolute Gasteiger partial charge is 0.262 e. The zero-order chi connectivity index (χ0) is 21.5. The molecule has 0 aliphatic heterocycles.